The molecule has 0 fully saturated rings. The smallest absolute Gasteiger partial charge is 0.242 e. The second-order valence-electron chi connectivity index (χ2n) is 7.54. The molecule has 0 unspecified atom stereocenters. The molecule has 1 heterocycles. The summed E-state index contributed by atoms with van der Waals surface area (Å²) in [5, 5.41) is 3.62. The Bertz CT molecular complexity index is 1140. The lowest BCUT2D eigenvalue weighted by molar-refractivity contribution is -0.113. The minimum absolute atomic E-state index is 0.175. The topological polar surface area (TPSA) is 84.3 Å². The number of benzene rings is 2. The molecule has 3 aromatic rings. The van der Waals surface area contributed by atoms with Crippen LogP contribution in [0, 0.1) is 5.92 Å². The summed E-state index contributed by atoms with van der Waals surface area (Å²) in [7, 11) is -0.529. The highest BCUT2D eigenvalue weighted by molar-refractivity contribution is 7.99. The predicted molar refractivity (Wildman–Crippen MR) is 121 cm³/mol. The van der Waals surface area contributed by atoms with E-state index in [1.807, 2.05) is 24.3 Å². The number of para-hydroxylation sites is 2. The van der Waals surface area contributed by atoms with Crippen LogP contribution in [0.25, 0.3) is 11.0 Å². The molecule has 0 atom stereocenters. The first-order chi connectivity index (χ1) is 14.2. The largest absolute Gasteiger partial charge is 0.325 e. The summed E-state index contributed by atoms with van der Waals surface area (Å²) in [4.78, 5) is 17.3. The SMILES string of the molecule is CC(C)Cn1c(SCC(=O)Nc2ccc(S(=O)(=O)N(C)C)cc2)nc2ccccc21. The number of sulfonamides is 1. The first-order valence-corrected chi connectivity index (χ1v) is 12.0. The molecule has 0 spiro atoms. The minimum atomic E-state index is -3.49. The second kappa shape index (κ2) is 9.20. The number of rotatable bonds is 8. The lowest BCUT2D eigenvalue weighted by Crippen LogP contribution is -2.22. The Labute approximate surface area is 181 Å². The number of thioether (sulfide) groups is 1. The lowest BCUT2D eigenvalue weighted by Gasteiger charge is -2.12. The van der Waals surface area contributed by atoms with Gasteiger partial charge in [-0.15, -0.1) is 0 Å². The maximum Gasteiger partial charge on any atom is 0.242 e. The van der Waals surface area contributed by atoms with E-state index in [-0.39, 0.29) is 16.6 Å². The zero-order valence-electron chi connectivity index (χ0n) is 17.5. The molecule has 1 amide bonds. The van der Waals surface area contributed by atoms with Crippen LogP contribution in [-0.4, -0.2) is 48.0 Å². The van der Waals surface area contributed by atoms with Crippen molar-refractivity contribution in [3.63, 3.8) is 0 Å². The van der Waals surface area contributed by atoms with Gasteiger partial charge in [-0.2, -0.15) is 0 Å². The number of hydrogen-bond acceptors (Lipinski definition) is 5. The van der Waals surface area contributed by atoms with E-state index in [2.05, 4.69) is 28.7 Å². The molecular formula is C21H26N4O3S2. The van der Waals surface area contributed by atoms with Gasteiger partial charge in [0, 0.05) is 26.3 Å². The van der Waals surface area contributed by atoms with Gasteiger partial charge in [-0.05, 0) is 42.3 Å². The molecule has 3 rings (SSSR count). The molecule has 0 aliphatic heterocycles. The van der Waals surface area contributed by atoms with Gasteiger partial charge in [-0.3, -0.25) is 4.79 Å². The van der Waals surface area contributed by atoms with Gasteiger partial charge >= 0.3 is 0 Å². The molecule has 2 aromatic carbocycles. The molecule has 0 radical (unpaired) electrons. The number of carbonyl (C=O) groups excluding carboxylic acids is 1. The molecule has 0 bridgehead atoms. The summed E-state index contributed by atoms with van der Waals surface area (Å²) >= 11 is 1.39. The van der Waals surface area contributed by atoms with Crippen molar-refractivity contribution in [2.45, 2.75) is 30.4 Å². The van der Waals surface area contributed by atoms with Crippen LogP contribution >= 0.6 is 11.8 Å². The minimum Gasteiger partial charge on any atom is -0.325 e. The first kappa shape index (κ1) is 22.3. The Morgan fingerprint density at radius 3 is 2.43 bits per heavy atom. The third-order valence-corrected chi connectivity index (χ3v) is 7.22. The van der Waals surface area contributed by atoms with Crippen LogP contribution < -0.4 is 5.32 Å². The maximum absolute atomic E-state index is 12.4. The summed E-state index contributed by atoms with van der Waals surface area (Å²) in [5.41, 5.74) is 2.53. The third-order valence-electron chi connectivity index (χ3n) is 4.42. The number of fused-ring (bicyclic) bond motifs is 1. The Morgan fingerprint density at radius 2 is 1.80 bits per heavy atom. The van der Waals surface area contributed by atoms with Crippen LogP contribution in [0.2, 0.25) is 0 Å². The van der Waals surface area contributed by atoms with Gasteiger partial charge in [0.25, 0.3) is 0 Å². The summed E-state index contributed by atoms with van der Waals surface area (Å²) in [6.45, 7) is 5.12. The number of anilines is 1. The highest BCUT2D eigenvalue weighted by Gasteiger charge is 2.17. The van der Waals surface area contributed by atoms with Crippen LogP contribution in [-0.2, 0) is 21.4 Å². The van der Waals surface area contributed by atoms with Crippen LogP contribution in [0.5, 0.6) is 0 Å². The van der Waals surface area contributed by atoms with Crippen molar-refractivity contribution < 1.29 is 13.2 Å². The van der Waals surface area contributed by atoms with Crippen molar-refractivity contribution in [1.29, 1.82) is 0 Å². The first-order valence-electron chi connectivity index (χ1n) is 9.59. The Hall–Kier alpha value is -2.36. The zero-order chi connectivity index (χ0) is 21.9. The van der Waals surface area contributed by atoms with Crippen molar-refractivity contribution in [1.82, 2.24) is 13.9 Å². The summed E-state index contributed by atoms with van der Waals surface area (Å²) in [5.74, 6) is 0.484. The maximum atomic E-state index is 12.4. The van der Waals surface area contributed by atoms with Crippen molar-refractivity contribution in [3.8, 4) is 0 Å². The van der Waals surface area contributed by atoms with Gasteiger partial charge in [-0.25, -0.2) is 17.7 Å². The highest BCUT2D eigenvalue weighted by atomic mass is 32.2. The fourth-order valence-electron chi connectivity index (χ4n) is 2.95. The zero-order valence-corrected chi connectivity index (χ0v) is 19.1. The number of nitrogens with zero attached hydrogens (tertiary/aromatic N) is 3. The Kier molecular flexibility index (Phi) is 6.84. The number of carbonyl (C=O) groups is 1. The van der Waals surface area contributed by atoms with Gasteiger partial charge in [0.15, 0.2) is 5.16 Å². The number of amides is 1. The fourth-order valence-corrected chi connectivity index (χ4v) is 4.68. The normalized spacial score (nSPS) is 12.1. The van der Waals surface area contributed by atoms with Crippen LogP contribution in [0.4, 0.5) is 5.69 Å². The molecule has 9 heteroatoms. The van der Waals surface area contributed by atoms with Crippen LogP contribution in [0.1, 0.15) is 13.8 Å². The Morgan fingerprint density at radius 1 is 1.13 bits per heavy atom. The van der Waals surface area contributed by atoms with Crippen molar-refractivity contribution in [2.75, 3.05) is 25.2 Å². The van der Waals surface area contributed by atoms with Crippen molar-refractivity contribution >= 4 is 44.4 Å². The summed E-state index contributed by atoms with van der Waals surface area (Å²) in [6, 6.07) is 14.1. The molecule has 0 saturated carbocycles. The number of imidazole rings is 1. The van der Waals surface area contributed by atoms with E-state index in [1.54, 1.807) is 12.1 Å². The molecule has 0 saturated heterocycles. The predicted octanol–water partition coefficient (Wildman–Crippen LogP) is 3.67. The van der Waals surface area contributed by atoms with Crippen LogP contribution in [0.3, 0.4) is 0 Å². The van der Waals surface area contributed by atoms with Gasteiger partial charge in [0.05, 0.1) is 21.7 Å². The van der Waals surface area contributed by atoms with E-state index in [0.29, 0.717) is 11.6 Å². The van der Waals surface area contributed by atoms with Gasteiger partial charge < -0.3 is 9.88 Å². The molecular weight excluding hydrogens is 420 g/mol. The molecule has 0 aliphatic rings. The van der Waals surface area contributed by atoms with Crippen molar-refractivity contribution in [2.24, 2.45) is 5.92 Å². The monoisotopic (exact) mass is 446 g/mol. The molecule has 0 aliphatic carbocycles. The van der Waals surface area contributed by atoms with Crippen molar-refractivity contribution in [3.05, 3.63) is 48.5 Å². The third kappa shape index (κ3) is 5.03. The molecule has 1 N–H and O–H groups in total. The fraction of sp³-hybridized carbons (Fsp3) is 0.333. The van der Waals surface area contributed by atoms with E-state index >= 15 is 0 Å². The number of aromatic nitrogens is 2. The van der Waals surface area contributed by atoms with E-state index in [9.17, 15) is 13.2 Å². The molecule has 7 nitrogen and oxygen atoms in total. The molecule has 160 valence electrons. The lowest BCUT2D eigenvalue weighted by atomic mass is 10.2. The van der Waals surface area contributed by atoms with E-state index in [4.69, 9.17) is 0 Å². The van der Waals surface area contributed by atoms with E-state index in [0.717, 1.165) is 27.0 Å². The summed E-state index contributed by atoms with van der Waals surface area (Å²) < 4.78 is 27.6. The number of hydrogen-bond donors (Lipinski definition) is 1. The van der Waals surface area contributed by atoms with Crippen LogP contribution in [0.15, 0.2) is 58.6 Å². The van der Waals surface area contributed by atoms with E-state index in [1.165, 1.54) is 38.0 Å². The second-order valence-corrected chi connectivity index (χ2v) is 10.6. The molecule has 1 aromatic heterocycles. The van der Waals surface area contributed by atoms with Gasteiger partial charge in [-0.1, -0.05) is 37.7 Å². The average molecular weight is 447 g/mol. The number of nitrogens with one attached hydrogen (secondary N) is 1. The van der Waals surface area contributed by atoms with Gasteiger partial charge in [0.1, 0.15) is 0 Å². The van der Waals surface area contributed by atoms with E-state index < -0.39 is 10.0 Å². The average Bonchev–Trinajstić information content (AvgIpc) is 3.04. The molecule has 30 heavy (non-hydrogen) atoms. The standard InChI is InChI=1S/C21H26N4O3S2/c1-15(2)13-25-19-8-6-5-7-18(19)23-21(25)29-14-20(26)22-16-9-11-17(12-10-16)30(27,28)24(3)4/h5-12,15H,13-14H2,1-4H3,(H,22,26). The van der Waals surface area contributed by atoms with Gasteiger partial charge in [0.2, 0.25) is 15.9 Å². The summed E-state index contributed by atoms with van der Waals surface area (Å²) in [6.07, 6.45) is 0. The Balaban J connectivity index is 1.68. The quantitative estimate of drug-likeness (QED) is 0.534. The highest BCUT2D eigenvalue weighted by Crippen LogP contribution is 2.25.